The first-order valence-corrected chi connectivity index (χ1v) is 15.4. The fourth-order valence-electron chi connectivity index (χ4n) is 4.93. The van der Waals surface area contributed by atoms with Gasteiger partial charge >= 0.3 is 29.6 Å². The van der Waals surface area contributed by atoms with E-state index in [0.717, 1.165) is 42.2 Å². The third-order valence-electron chi connectivity index (χ3n) is 7.02. The molecule has 0 aliphatic carbocycles. The Bertz CT molecular complexity index is 940. The number of aryl methyl sites for hydroxylation is 2. The van der Waals surface area contributed by atoms with Gasteiger partial charge < -0.3 is 4.55 Å². The zero-order valence-electron chi connectivity index (χ0n) is 22.7. The van der Waals surface area contributed by atoms with Gasteiger partial charge in [0, 0.05) is 0 Å². The van der Waals surface area contributed by atoms with Crippen LogP contribution < -0.4 is 29.6 Å². The Balaban J connectivity index is 0.00000612. The maximum atomic E-state index is 11.9. The van der Waals surface area contributed by atoms with Gasteiger partial charge in [0.2, 0.25) is 0 Å². The van der Waals surface area contributed by atoms with E-state index in [1.807, 2.05) is 18.2 Å². The number of hydrogen-bond acceptors (Lipinski definition) is 3. The third-order valence-corrected chi connectivity index (χ3v) is 7.91. The monoisotopic (exact) mass is 510 g/mol. The van der Waals surface area contributed by atoms with Crippen LogP contribution in [-0.4, -0.2) is 13.0 Å². The van der Waals surface area contributed by atoms with Crippen molar-refractivity contribution in [3.63, 3.8) is 0 Å². The van der Waals surface area contributed by atoms with E-state index < -0.39 is 10.1 Å². The van der Waals surface area contributed by atoms with Crippen molar-refractivity contribution in [3.05, 3.63) is 41.5 Å². The van der Waals surface area contributed by atoms with Crippen LogP contribution in [0.3, 0.4) is 0 Å². The Morgan fingerprint density at radius 2 is 1.09 bits per heavy atom. The normalized spacial score (nSPS) is 11.6. The van der Waals surface area contributed by atoms with E-state index in [4.69, 9.17) is 0 Å². The van der Waals surface area contributed by atoms with Gasteiger partial charge in [-0.15, -0.1) is 0 Å². The minimum atomic E-state index is -4.49. The summed E-state index contributed by atoms with van der Waals surface area (Å²) in [6.45, 7) is 4.49. The number of hydrogen-bond donors (Lipinski definition) is 0. The molecule has 0 N–H and O–H groups in total. The summed E-state index contributed by atoms with van der Waals surface area (Å²) in [5, 5.41) is 1.55. The molecule has 0 bridgehead atoms. The smallest absolute Gasteiger partial charge is 0.744 e. The third kappa shape index (κ3) is 12.6. The van der Waals surface area contributed by atoms with Gasteiger partial charge in [-0.3, -0.25) is 0 Å². The molecule has 0 aliphatic heterocycles. The van der Waals surface area contributed by atoms with Crippen LogP contribution >= 0.6 is 0 Å². The molecule has 2 rings (SSSR count). The minimum absolute atomic E-state index is 0. The van der Waals surface area contributed by atoms with Crippen molar-refractivity contribution in [3.8, 4) is 0 Å². The van der Waals surface area contributed by atoms with Gasteiger partial charge in [-0.25, -0.2) is 8.42 Å². The van der Waals surface area contributed by atoms with E-state index >= 15 is 0 Å². The first-order chi connectivity index (χ1) is 16.5. The average Bonchev–Trinajstić information content (AvgIpc) is 2.81. The van der Waals surface area contributed by atoms with Crippen LogP contribution in [0.25, 0.3) is 10.8 Å². The summed E-state index contributed by atoms with van der Waals surface area (Å²) in [5.74, 6) is 0. The van der Waals surface area contributed by atoms with E-state index in [1.54, 1.807) is 0 Å². The summed E-state index contributed by atoms with van der Waals surface area (Å²) >= 11 is 0. The van der Waals surface area contributed by atoms with Crippen molar-refractivity contribution >= 4 is 20.9 Å². The van der Waals surface area contributed by atoms with Crippen molar-refractivity contribution in [2.45, 2.75) is 134 Å². The van der Waals surface area contributed by atoms with E-state index in [2.05, 4.69) is 19.9 Å². The maximum Gasteiger partial charge on any atom is 1.00 e. The molecule has 0 spiro atoms. The van der Waals surface area contributed by atoms with Crippen molar-refractivity contribution in [2.24, 2.45) is 0 Å². The summed E-state index contributed by atoms with van der Waals surface area (Å²) in [5.41, 5.74) is 2.29. The fourth-order valence-corrected chi connectivity index (χ4v) is 5.61. The first kappa shape index (κ1) is 32.6. The molecular weight excluding hydrogens is 463 g/mol. The van der Waals surface area contributed by atoms with Crippen LogP contribution in [0, 0.1) is 0 Å². The predicted molar refractivity (Wildman–Crippen MR) is 145 cm³/mol. The summed E-state index contributed by atoms with van der Waals surface area (Å²) in [4.78, 5) is -0.0695. The Morgan fingerprint density at radius 3 is 1.60 bits per heavy atom. The maximum absolute atomic E-state index is 11.9. The molecule has 192 valence electrons. The van der Waals surface area contributed by atoms with Crippen LogP contribution in [-0.2, 0) is 23.0 Å². The molecule has 2 aromatic rings. The van der Waals surface area contributed by atoms with Crippen molar-refractivity contribution in [1.82, 2.24) is 0 Å². The van der Waals surface area contributed by atoms with E-state index in [9.17, 15) is 13.0 Å². The molecule has 0 aromatic heterocycles. The molecule has 2 aromatic carbocycles. The van der Waals surface area contributed by atoms with Crippen LogP contribution in [0.4, 0.5) is 0 Å². The van der Waals surface area contributed by atoms with Crippen molar-refractivity contribution in [2.75, 3.05) is 0 Å². The van der Waals surface area contributed by atoms with E-state index in [1.165, 1.54) is 96.0 Å². The summed E-state index contributed by atoms with van der Waals surface area (Å²) in [6, 6.07) is 9.52. The van der Waals surface area contributed by atoms with Gasteiger partial charge in [-0.1, -0.05) is 122 Å². The van der Waals surface area contributed by atoms with E-state index in [-0.39, 0.29) is 34.5 Å². The number of unbranched alkanes of at least 4 members (excludes halogenated alkanes) is 14. The van der Waals surface area contributed by atoms with Crippen LogP contribution in [0.5, 0.6) is 0 Å². The van der Waals surface area contributed by atoms with Gasteiger partial charge in [-0.2, -0.15) is 0 Å². The minimum Gasteiger partial charge on any atom is -0.744 e. The Hall–Kier alpha value is -0.390. The van der Waals surface area contributed by atoms with Crippen LogP contribution in [0.1, 0.15) is 128 Å². The Labute approximate surface area is 237 Å². The first-order valence-electron chi connectivity index (χ1n) is 14.0. The van der Waals surface area contributed by atoms with E-state index in [0.29, 0.717) is 5.39 Å². The van der Waals surface area contributed by atoms with Gasteiger partial charge in [0.1, 0.15) is 10.1 Å². The molecule has 5 heteroatoms. The zero-order chi connectivity index (χ0) is 24.7. The molecule has 0 atom stereocenters. The molecule has 35 heavy (non-hydrogen) atoms. The van der Waals surface area contributed by atoms with Gasteiger partial charge in [-0.05, 0) is 59.7 Å². The number of fused-ring (bicyclic) bond motifs is 1. The molecule has 0 unspecified atom stereocenters. The molecule has 0 saturated carbocycles. The number of benzene rings is 2. The predicted octanol–water partition coefficient (Wildman–Crippen LogP) is 6.11. The molecule has 0 aliphatic rings. The van der Waals surface area contributed by atoms with Crippen LogP contribution in [0.15, 0.2) is 35.2 Å². The quantitative estimate of drug-likeness (QED) is 0.130. The SMILES string of the molecule is CCCCCCCCCCc1ccc2c(CCCCCCCCCC)ccc(S(=O)(=O)[O-])c2c1.[Na+]. The second-order valence-corrected chi connectivity index (χ2v) is 11.4. The molecule has 0 amide bonds. The number of rotatable bonds is 19. The van der Waals surface area contributed by atoms with Crippen molar-refractivity contribution in [1.29, 1.82) is 0 Å². The zero-order valence-corrected chi connectivity index (χ0v) is 25.6. The van der Waals surface area contributed by atoms with Crippen LogP contribution in [0.2, 0.25) is 0 Å². The average molecular weight is 511 g/mol. The second-order valence-electron chi connectivity index (χ2n) is 10.0. The summed E-state index contributed by atoms with van der Waals surface area (Å²) in [7, 11) is -4.49. The molecule has 0 radical (unpaired) electrons. The summed E-state index contributed by atoms with van der Waals surface area (Å²) < 4.78 is 35.8. The fraction of sp³-hybridized carbons (Fsp3) is 0.667. The molecule has 3 nitrogen and oxygen atoms in total. The van der Waals surface area contributed by atoms with Gasteiger partial charge in [0.05, 0.1) is 4.90 Å². The molecule has 0 heterocycles. The summed E-state index contributed by atoms with van der Waals surface area (Å²) in [6.07, 6.45) is 22.2. The largest absolute Gasteiger partial charge is 1.00 e. The topological polar surface area (TPSA) is 57.2 Å². The Kier molecular flexibility index (Phi) is 17.5. The second kappa shape index (κ2) is 18.8. The molecule has 0 saturated heterocycles. The van der Waals surface area contributed by atoms with Gasteiger partial charge in [0.25, 0.3) is 0 Å². The molecular formula is C30H47NaO3S. The standard InChI is InChI=1S/C30H48O3S.Na/c1-3-5-7-9-11-13-15-17-19-26-21-23-28-27(20-18-16-14-12-10-8-6-4-2)22-24-30(29(28)25-26)34(31,32)33;/h21-25H,3-20H2,1-2H3,(H,31,32,33);/q;+1/p-1. The Morgan fingerprint density at radius 1 is 0.600 bits per heavy atom. The van der Waals surface area contributed by atoms with Crippen molar-refractivity contribution < 1.29 is 42.5 Å². The van der Waals surface area contributed by atoms with Gasteiger partial charge in [0.15, 0.2) is 0 Å². The molecule has 0 fully saturated rings.